The zero-order valence-electron chi connectivity index (χ0n) is 13.1. The van der Waals surface area contributed by atoms with Gasteiger partial charge in [0.15, 0.2) is 5.76 Å². The van der Waals surface area contributed by atoms with Crippen molar-refractivity contribution in [2.24, 2.45) is 0 Å². The molecule has 2 heterocycles. The Bertz CT molecular complexity index is 718. The number of halogens is 1. The predicted octanol–water partition coefficient (Wildman–Crippen LogP) is 3.43. The van der Waals surface area contributed by atoms with Gasteiger partial charge in [-0.25, -0.2) is 0 Å². The summed E-state index contributed by atoms with van der Waals surface area (Å²) in [6.45, 7) is 5.04. The summed E-state index contributed by atoms with van der Waals surface area (Å²) < 4.78 is 11.4. The normalized spacial score (nSPS) is 21.4. The number of amides is 1. The summed E-state index contributed by atoms with van der Waals surface area (Å²) in [6.07, 6.45) is 0.0430. The van der Waals surface area contributed by atoms with Gasteiger partial charge in [0.25, 0.3) is 5.91 Å². The molecule has 2 atom stereocenters. The SMILES string of the molecule is CC1CN(C(=O)c2ccc(-c3ccc(Cl)c(N)c3)o2)CC(C)O1. The number of nitrogen functional groups attached to an aromatic ring is 1. The summed E-state index contributed by atoms with van der Waals surface area (Å²) in [5.41, 5.74) is 7.07. The third-order valence-corrected chi connectivity index (χ3v) is 4.15. The van der Waals surface area contributed by atoms with Crippen molar-refractivity contribution in [1.82, 2.24) is 4.90 Å². The number of anilines is 1. The maximum atomic E-state index is 12.6. The number of carbonyl (C=O) groups excluding carboxylic acids is 1. The molecule has 1 amide bonds. The van der Waals surface area contributed by atoms with Crippen molar-refractivity contribution in [1.29, 1.82) is 0 Å². The van der Waals surface area contributed by atoms with Crippen molar-refractivity contribution in [3.8, 4) is 11.3 Å². The van der Waals surface area contributed by atoms with E-state index in [1.54, 1.807) is 29.2 Å². The van der Waals surface area contributed by atoms with E-state index in [1.165, 1.54) is 0 Å². The van der Waals surface area contributed by atoms with Gasteiger partial charge in [-0.3, -0.25) is 4.79 Å². The van der Waals surface area contributed by atoms with Crippen molar-refractivity contribution in [2.45, 2.75) is 26.1 Å². The van der Waals surface area contributed by atoms with Crippen molar-refractivity contribution in [3.05, 3.63) is 41.1 Å². The van der Waals surface area contributed by atoms with Crippen molar-refractivity contribution < 1.29 is 13.9 Å². The minimum atomic E-state index is -0.125. The molecule has 0 saturated carbocycles. The quantitative estimate of drug-likeness (QED) is 0.854. The summed E-state index contributed by atoms with van der Waals surface area (Å²) in [7, 11) is 0. The third kappa shape index (κ3) is 3.35. The number of nitrogens with two attached hydrogens (primary N) is 1. The van der Waals surface area contributed by atoms with Crippen LogP contribution < -0.4 is 5.73 Å². The van der Waals surface area contributed by atoms with E-state index in [1.807, 2.05) is 19.9 Å². The van der Waals surface area contributed by atoms with Crippen LogP contribution in [0, 0.1) is 0 Å². The molecular formula is C17H19ClN2O3. The van der Waals surface area contributed by atoms with Gasteiger partial charge >= 0.3 is 0 Å². The van der Waals surface area contributed by atoms with Crippen molar-refractivity contribution >= 4 is 23.2 Å². The largest absolute Gasteiger partial charge is 0.451 e. The van der Waals surface area contributed by atoms with Gasteiger partial charge in [0.05, 0.1) is 22.9 Å². The molecule has 0 bridgehead atoms. The highest BCUT2D eigenvalue weighted by molar-refractivity contribution is 6.33. The Balaban J connectivity index is 1.81. The number of morpholine rings is 1. The van der Waals surface area contributed by atoms with E-state index in [-0.39, 0.29) is 18.1 Å². The summed E-state index contributed by atoms with van der Waals surface area (Å²) >= 11 is 5.92. The van der Waals surface area contributed by atoms with Crippen LogP contribution in [0.5, 0.6) is 0 Å². The molecule has 1 saturated heterocycles. The lowest BCUT2D eigenvalue weighted by atomic mass is 10.1. The first-order valence-electron chi connectivity index (χ1n) is 7.54. The number of nitrogens with zero attached hydrogens (tertiary/aromatic N) is 1. The Hall–Kier alpha value is -1.98. The van der Waals surface area contributed by atoms with Crippen LogP contribution in [0.15, 0.2) is 34.7 Å². The molecule has 23 heavy (non-hydrogen) atoms. The van der Waals surface area contributed by atoms with E-state index in [2.05, 4.69) is 0 Å². The molecule has 1 aromatic carbocycles. The number of rotatable bonds is 2. The maximum Gasteiger partial charge on any atom is 0.289 e. The molecule has 122 valence electrons. The van der Waals surface area contributed by atoms with E-state index in [9.17, 15) is 4.79 Å². The second-order valence-corrected chi connectivity index (χ2v) is 6.27. The van der Waals surface area contributed by atoms with Crippen LogP contribution in [0.2, 0.25) is 5.02 Å². The van der Waals surface area contributed by atoms with E-state index >= 15 is 0 Å². The first kappa shape index (κ1) is 15.9. The Morgan fingerprint density at radius 3 is 2.57 bits per heavy atom. The van der Waals surface area contributed by atoms with Gasteiger partial charge in [-0.2, -0.15) is 0 Å². The van der Waals surface area contributed by atoms with E-state index in [0.29, 0.717) is 35.3 Å². The number of benzene rings is 1. The average Bonchev–Trinajstić information content (AvgIpc) is 2.98. The average molecular weight is 335 g/mol. The maximum absolute atomic E-state index is 12.6. The molecule has 0 aliphatic carbocycles. The number of hydrogen-bond donors (Lipinski definition) is 1. The standard InChI is InChI=1S/C17H19ClN2O3/c1-10-8-20(9-11(2)22-10)17(21)16-6-5-15(23-16)12-3-4-13(18)14(19)7-12/h3-7,10-11H,8-9,19H2,1-2H3. The second-order valence-electron chi connectivity index (χ2n) is 5.87. The molecule has 1 aliphatic heterocycles. The van der Waals surface area contributed by atoms with E-state index in [0.717, 1.165) is 5.56 Å². The molecule has 2 aromatic rings. The van der Waals surface area contributed by atoms with Gasteiger partial charge in [-0.05, 0) is 44.2 Å². The van der Waals surface area contributed by atoms with Crippen LogP contribution in [0.25, 0.3) is 11.3 Å². The number of carbonyl (C=O) groups is 1. The lowest BCUT2D eigenvalue weighted by Gasteiger charge is -2.34. The molecular weight excluding hydrogens is 316 g/mol. The van der Waals surface area contributed by atoms with Crippen LogP contribution in [-0.4, -0.2) is 36.1 Å². The highest BCUT2D eigenvalue weighted by Crippen LogP contribution is 2.28. The predicted molar refractivity (Wildman–Crippen MR) is 89.5 cm³/mol. The first-order chi connectivity index (χ1) is 10.9. The fourth-order valence-corrected chi connectivity index (χ4v) is 2.92. The Labute approximate surface area is 140 Å². The zero-order valence-corrected chi connectivity index (χ0v) is 13.8. The summed E-state index contributed by atoms with van der Waals surface area (Å²) in [5.74, 6) is 0.779. The summed E-state index contributed by atoms with van der Waals surface area (Å²) in [6, 6.07) is 8.71. The zero-order chi connectivity index (χ0) is 16.6. The molecule has 1 aromatic heterocycles. The highest BCUT2D eigenvalue weighted by Gasteiger charge is 2.28. The monoisotopic (exact) mass is 334 g/mol. The van der Waals surface area contributed by atoms with Crippen LogP contribution in [0.1, 0.15) is 24.4 Å². The van der Waals surface area contributed by atoms with Crippen LogP contribution in [0.4, 0.5) is 5.69 Å². The fourth-order valence-electron chi connectivity index (χ4n) is 2.80. The smallest absolute Gasteiger partial charge is 0.289 e. The molecule has 2 N–H and O–H groups in total. The molecule has 0 radical (unpaired) electrons. The Kier molecular flexibility index (Phi) is 4.33. The lowest BCUT2D eigenvalue weighted by molar-refractivity contribution is -0.0592. The molecule has 5 nitrogen and oxygen atoms in total. The molecule has 2 unspecified atom stereocenters. The highest BCUT2D eigenvalue weighted by atomic mass is 35.5. The van der Waals surface area contributed by atoms with E-state index in [4.69, 9.17) is 26.5 Å². The van der Waals surface area contributed by atoms with Crippen molar-refractivity contribution in [3.63, 3.8) is 0 Å². The van der Waals surface area contributed by atoms with Crippen LogP contribution in [0.3, 0.4) is 0 Å². The molecule has 1 aliphatic rings. The number of furan rings is 1. The first-order valence-corrected chi connectivity index (χ1v) is 7.92. The van der Waals surface area contributed by atoms with Gasteiger partial charge in [-0.1, -0.05) is 11.6 Å². The minimum absolute atomic E-state index is 0.0215. The topological polar surface area (TPSA) is 68.7 Å². The second kappa shape index (κ2) is 6.26. The lowest BCUT2D eigenvalue weighted by Crippen LogP contribution is -2.48. The molecule has 6 heteroatoms. The van der Waals surface area contributed by atoms with Crippen molar-refractivity contribution in [2.75, 3.05) is 18.8 Å². The number of ether oxygens (including phenoxy) is 1. The Morgan fingerprint density at radius 2 is 1.91 bits per heavy atom. The van der Waals surface area contributed by atoms with Gasteiger partial charge in [0.1, 0.15) is 5.76 Å². The molecule has 1 fully saturated rings. The fraction of sp³-hybridized carbons (Fsp3) is 0.353. The van der Waals surface area contributed by atoms with E-state index < -0.39 is 0 Å². The van der Waals surface area contributed by atoms with Gasteiger partial charge in [-0.15, -0.1) is 0 Å². The van der Waals surface area contributed by atoms with Crippen LogP contribution >= 0.6 is 11.6 Å². The van der Waals surface area contributed by atoms with Gasteiger partial charge < -0.3 is 19.8 Å². The van der Waals surface area contributed by atoms with Crippen LogP contribution in [-0.2, 0) is 4.74 Å². The number of hydrogen-bond acceptors (Lipinski definition) is 4. The summed E-state index contributed by atoms with van der Waals surface area (Å²) in [4.78, 5) is 14.3. The Morgan fingerprint density at radius 1 is 1.22 bits per heavy atom. The molecule has 0 spiro atoms. The molecule has 3 rings (SSSR count). The summed E-state index contributed by atoms with van der Waals surface area (Å²) in [5, 5.41) is 0.493. The van der Waals surface area contributed by atoms with Gasteiger partial charge in [0.2, 0.25) is 0 Å². The van der Waals surface area contributed by atoms with Gasteiger partial charge in [0, 0.05) is 18.7 Å². The third-order valence-electron chi connectivity index (χ3n) is 3.80. The minimum Gasteiger partial charge on any atom is -0.451 e.